The van der Waals surface area contributed by atoms with Crippen LogP contribution in [0.4, 0.5) is 0 Å². The number of pyridine rings is 6. The third kappa shape index (κ3) is 13.0. The Balaban J connectivity index is 0.000000183. The summed E-state index contributed by atoms with van der Waals surface area (Å²) < 4.78 is 29.8. The van der Waals surface area contributed by atoms with E-state index in [2.05, 4.69) is 29.9 Å². The fourth-order valence-corrected chi connectivity index (χ4v) is 4.44. The monoisotopic (exact) mass is 788 g/mol. The summed E-state index contributed by atoms with van der Waals surface area (Å²) in [5.74, 6) is -2.04. The molecule has 3 N–H and O–H groups in total. The molecule has 14 heteroatoms. The van der Waals surface area contributed by atoms with Crippen LogP contribution in [-0.2, 0) is 29.6 Å². The fraction of sp³-hybridized carbons (Fsp3) is 0. The Bertz CT molecular complexity index is 1870. The number of hydrogen-bond acceptors (Lipinski definition) is 10. The van der Waals surface area contributed by atoms with Crippen molar-refractivity contribution in [3.05, 3.63) is 170 Å². The first-order valence-corrected chi connectivity index (χ1v) is 16.2. The molecule has 0 spiro atoms. The Hall–Kier alpha value is -6.08. The zero-order valence-electron chi connectivity index (χ0n) is 26.6. The number of aromatic nitrogens is 6. The maximum Gasteiger partial charge on any atom is 0.339 e. The van der Waals surface area contributed by atoms with Crippen molar-refractivity contribution in [3.63, 3.8) is 0 Å². The molecule has 0 aliphatic rings. The molecule has 258 valence electrons. The van der Waals surface area contributed by atoms with Gasteiger partial charge < -0.3 is 10.2 Å². The minimum absolute atomic E-state index is 0. The second-order valence-corrected chi connectivity index (χ2v) is 11.2. The number of nitrogens with zero attached hydrogens (tertiary/aromatic N) is 6. The average molecular weight is 788 g/mol. The maximum absolute atomic E-state index is 10.6. The van der Waals surface area contributed by atoms with Gasteiger partial charge in [0.05, 0.1) is 39.1 Å². The molecule has 7 rings (SSSR count). The van der Waals surface area contributed by atoms with Gasteiger partial charge in [-0.3, -0.25) is 34.5 Å². The number of phenols is 1. The van der Waals surface area contributed by atoms with E-state index in [1.165, 1.54) is 0 Å². The Labute approximate surface area is 307 Å². The predicted octanol–water partition coefficient (Wildman–Crippen LogP) is 6.77. The molecule has 0 saturated carbocycles. The number of hydrogen-bond donors (Lipinski definition) is 3. The average Bonchev–Trinajstić information content (AvgIpc) is 3.17. The normalized spacial score (nSPS) is 9.90. The molecule has 0 radical (unpaired) electrons. The van der Waals surface area contributed by atoms with E-state index in [0.717, 1.165) is 46.3 Å². The van der Waals surface area contributed by atoms with E-state index >= 15 is 0 Å². The topological polar surface area (TPSA) is 189 Å². The van der Waals surface area contributed by atoms with Gasteiger partial charge in [0.1, 0.15) is 11.3 Å². The number of carbonyl (C=O) groups is 1. The van der Waals surface area contributed by atoms with Crippen LogP contribution in [0.2, 0.25) is 0 Å². The summed E-state index contributed by atoms with van der Waals surface area (Å²) in [6.07, 6.45) is 10.6. The van der Waals surface area contributed by atoms with E-state index in [9.17, 15) is 13.2 Å². The quantitative estimate of drug-likeness (QED) is 0.123. The number of aromatic hydroxyl groups is 1. The summed E-state index contributed by atoms with van der Waals surface area (Å²) in [5, 5.41) is 17.5. The second kappa shape index (κ2) is 20.4. The van der Waals surface area contributed by atoms with Gasteiger partial charge >= 0.3 is 5.97 Å². The van der Waals surface area contributed by atoms with Gasteiger partial charge in [0, 0.05) is 56.7 Å². The van der Waals surface area contributed by atoms with E-state index in [4.69, 9.17) is 14.8 Å². The number of rotatable bonds is 5. The van der Waals surface area contributed by atoms with Crippen molar-refractivity contribution in [1.29, 1.82) is 0 Å². The maximum atomic E-state index is 10.6. The summed E-state index contributed by atoms with van der Waals surface area (Å²) in [4.78, 5) is 35.0. The fourth-order valence-electron chi connectivity index (χ4n) is 3.93. The van der Waals surface area contributed by atoms with Crippen molar-refractivity contribution < 1.29 is 47.5 Å². The minimum Gasteiger partial charge on any atom is -0.507 e. The van der Waals surface area contributed by atoms with Crippen LogP contribution in [0.15, 0.2) is 169 Å². The molecule has 0 atom stereocenters. The Morgan fingerprint density at radius 1 is 0.471 bits per heavy atom. The van der Waals surface area contributed by atoms with Gasteiger partial charge in [-0.25, -0.2) is 4.79 Å². The third-order valence-corrected chi connectivity index (χ3v) is 7.12. The van der Waals surface area contributed by atoms with Crippen LogP contribution in [0.25, 0.3) is 34.2 Å². The van der Waals surface area contributed by atoms with Gasteiger partial charge in [0.15, 0.2) is 0 Å². The number of carboxylic acid groups (broad SMARTS) is 1. The van der Waals surface area contributed by atoms with E-state index < -0.39 is 32.3 Å². The first-order valence-electron chi connectivity index (χ1n) is 14.7. The zero-order valence-corrected chi connectivity index (χ0v) is 29.2. The first kappa shape index (κ1) is 39.4. The largest absolute Gasteiger partial charge is 0.507 e. The number of benzene rings is 1. The van der Waals surface area contributed by atoms with Crippen LogP contribution in [0.3, 0.4) is 0 Å². The van der Waals surface area contributed by atoms with E-state index in [1.54, 1.807) is 37.2 Å². The van der Waals surface area contributed by atoms with Crippen LogP contribution >= 0.6 is 0 Å². The number of carboxylic acids is 1. The molecule has 1 aromatic carbocycles. The number of aromatic carboxylic acids is 1. The van der Waals surface area contributed by atoms with Crippen LogP contribution in [-0.4, -0.2) is 59.1 Å². The SMILES string of the molecule is O=C(O)c1cc(S(=O)(=O)O)ccc1O.[Ru].c1ccc(-c2ccccn2)nc1.c1ccc(-c2ccccn2)nc1.c1ccc(-c2ccccn2)nc1. The molecule has 0 aliphatic heterocycles. The van der Waals surface area contributed by atoms with Crippen molar-refractivity contribution in [2.45, 2.75) is 4.90 Å². The van der Waals surface area contributed by atoms with Gasteiger partial charge in [-0.1, -0.05) is 36.4 Å². The molecule has 0 saturated heterocycles. The van der Waals surface area contributed by atoms with E-state index in [1.807, 2.05) is 109 Å². The molecule has 0 aliphatic carbocycles. The Kier molecular flexibility index (Phi) is 15.8. The summed E-state index contributed by atoms with van der Waals surface area (Å²) in [5.41, 5.74) is 4.91. The van der Waals surface area contributed by atoms with Crippen LogP contribution in [0, 0.1) is 0 Å². The third-order valence-electron chi connectivity index (χ3n) is 6.27. The van der Waals surface area contributed by atoms with Crippen molar-refractivity contribution in [3.8, 4) is 39.9 Å². The van der Waals surface area contributed by atoms with Gasteiger partial charge in [-0.2, -0.15) is 8.42 Å². The Morgan fingerprint density at radius 2 is 0.745 bits per heavy atom. The van der Waals surface area contributed by atoms with Crippen molar-refractivity contribution >= 4 is 16.1 Å². The molecule has 0 bridgehead atoms. The Morgan fingerprint density at radius 3 is 0.941 bits per heavy atom. The predicted molar refractivity (Wildman–Crippen MR) is 187 cm³/mol. The molecular weight excluding hydrogens is 758 g/mol. The minimum atomic E-state index is -4.45. The summed E-state index contributed by atoms with van der Waals surface area (Å²) in [6.45, 7) is 0. The molecule has 51 heavy (non-hydrogen) atoms. The smallest absolute Gasteiger partial charge is 0.339 e. The molecule has 0 amide bonds. The first-order chi connectivity index (χ1) is 24.2. The molecule has 6 aromatic heterocycles. The second-order valence-electron chi connectivity index (χ2n) is 9.75. The molecule has 0 fully saturated rings. The van der Waals surface area contributed by atoms with Gasteiger partial charge in [-0.05, 0) is 91.0 Å². The van der Waals surface area contributed by atoms with E-state index in [-0.39, 0.29) is 19.5 Å². The zero-order chi connectivity index (χ0) is 35.6. The standard InChI is InChI=1S/3C10H8N2.C7H6O6S.Ru/c3*1-3-7-11-9(5-1)10-6-2-4-8-12-10;8-6-2-1-4(14(11,12)13)3-5(6)7(9)10;/h3*1-8H;1-3,8H,(H,9,10)(H,11,12,13);. The summed E-state index contributed by atoms with van der Waals surface area (Å²) in [7, 11) is -4.45. The van der Waals surface area contributed by atoms with Crippen molar-refractivity contribution in [1.82, 2.24) is 29.9 Å². The molecule has 6 heterocycles. The van der Waals surface area contributed by atoms with Crippen molar-refractivity contribution in [2.75, 3.05) is 0 Å². The van der Waals surface area contributed by atoms with Crippen LogP contribution < -0.4 is 0 Å². The molecule has 0 unspecified atom stereocenters. The summed E-state index contributed by atoms with van der Waals surface area (Å²) >= 11 is 0. The molecule has 12 nitrogen and oxygen atoms in total. The summed E-state index contributed by atoms with van der Waals surface area (Å²) in [6, 6.07) is 37.2. The van der Waals surface area contributed by atoms with Gasteiger partial charge in [0.25, 0.3) is 10.1 Å². The van der Waals surface area contributed by atoms with E-state index in [0.29, 0.717) is 6.07 Å². The van der Waals surface area contributed by atoms with Gasteiger partial charge in [0.2, 0.25) is 0 Å². The molecular formula is C37H30N6O6RuS. The van der Waals surface area contributed by atoms with Gasteiger partial charge in [-0.15, -0.1) is 0 Å². The molecule has 7 aromatic rings. The van der Waals surface area contributed by atoms with Crippen molar-refractivity contribution in [2.24, 2.45) is 0 Å². The van der Waals surface area contributed by atoms with Crippen LogP contribution in [0.5, 0.6) is 5.75 Å². The van der Waals surface area contributed by atoms with Crippen LogP contribution in [0.1, 0.15) is 10.4 Å².